The fraction of sp³-hybridized carbons (Fsp3) is 0.812. The lowest BCUT2D eigenvalue weighted by Gasteiger charge is -2.31. The molecule has 1 aromatic heterocycles. The lowest BCUT2D eigenvalue weighted by molar-refractivity contribution is 0.0225. The van der Waals surface area contributed by atoms with E-state index in [4.69, 9.17) is 0 Å². The van der Waals surface area contributed by atoms with Crippen molar-refractivity contribution in [2.75, 3.05) is 0 Å². The van der Waals surface area contributed by atoms with Crippen LogP contribution in [0.15, 0.2) is 12.4 Å². The maximum Gasteiger partial charge on any atom is 0.0689 e. The molecule has 3 nitrogen and oxygen atoms in total. The molecule has 1 heterocycles. The molecule has 0 radical (unpaired) electrons. The van der Waals surface area contributed by atoms with Crippen molar-refractivity contribution in [1.29, 1.82) is 0 Å². The minimum atomic E-state index is -0.525. The predicted octanol–water partition coefficient (Wildman–Crippen LogP) is 3.32. The summed E-state index contributed by atoms with van der Waals surface area (Å²) in [5.41, 5.74) is 0.988. The third-order valence-corrected chi connectivity index (χ3v) is 4.67. The number of nitrogens with zero attached hydrogens (tertiary/aromatic N) is 2. The largest absolute Gasteiger partial charge is 0.390 e. The molecule has 0 aromatic carbocycles. The van der Waals surface area contributed by atoms with E-state index in [0.717, 1.165) is 43.6 Å². The molecule has 1 saturated carbocycles. The molecule has 0 amide bonds. The zero-order valence-electron chi connectivity index (χ0n) is 12.8. The molecule has 2 unspecified atom stereocenters. The fourth-order valence-corrected chi connectivity index (χ4v) is 3.38. The molecule has 0 aliphatic heterocycles. The highest BCUT2D eigenvalue weighted by Crippen LogP contribution is 2.40. The van der Waals surface area contributed by atoms with Gasteiger partial charge in [0.25, 0.3) is 0 Å². The lowest BCUT2D eigenvalue weighted by atomic mass is 9.76. The summed E-state index contributed by atoms with van der Waals surface area (Å²) < 4.78 is 1.81. The Morgan fingerprint density at radius 1 is 1.37 bits per heavy atom. The van der Waals surface area contributed by atoms with E-state index in [1.165, 1.54) is 6.42 Å². The molecule has 1 aliphatic carbocycles. The third kappa shape index (κ3) is 3.82. The van der Waals surface area contributed by atoms with Crippen molar-refractivity contribution in [1.82, 2.24) is 9.78 Å². The van der Waals surface area contributed by atoms with Gasteiger partial charge in [-0.3, -0.25) is 4.68 Å². The highest BCUT2D eigenvalue weighted by atomic mass is 16.3. The second kappa shape index (κ2) is 5.28. The summed E-state index contributed by atoms with van der Waals surface area (Å²) in [5, 5.41) is 15.1. The summed E-state index contributed by atoms with van der Waals surface area (Å²) in [6.07, 6.45) is 10.0. The maximum atomic E-state index is 10.9. The van der Waals surface area contributed by atoms with E-state index in [9.17, 15) is 5.11 Å². The van der Waals surface area contributed by atoms with Gasteiger partial charge in [-0.15, -0.1) is 0 Å². The number of aromatic nitrogens is 2. The molecule has 1 fully saturated rings. The number of rotatable bonds is 2. The number of hydrogen-bond acceptors (Lipinski definition) is 2. The van der Waals surface area contributed by atoms with Crippen LogP contribution in [0, 0.1) is 11.3 Å². The monoisotopic (exact) mass is 264 g/mol. The molecular formula is C16H28N2O. The van der Waals surface area contributed by atoms with Crippen LogP contribution in [0.5, 0.6) is 0 Å². The summed E-state index contributed by atoms with van der Waals surface area (Å²) in [5.74, 6) is 0.732. The van der Waals surface area contributed by atoms with Crippen LogP contribution >= 0.6 is 0 Å². The van der Waals surface area contributed by atoms with Crippen molar-refractivity contribution in [2.45, 2.75) is 64.9 Å². The van der Waals surface area contributed by atoms with Crippen LogP contribution in [0.4, 0.5) is 0 Å². The molecule has 19 heavy (non-hydrogen) atoms. The first-order chi connectivity index (χ1) is 8.78. The molecule has 0 saturated heterocycles. The minimum Gasteiger partial charge on any atom is -0.390 e. The third-order valence-electron chi connectivity index (χ3n) is 4.67. The Bertz CT molecular complexity index is 419. The van der Waals surface area contributed by atoms with Gasteiger partial charge in [-0.25, -0.2) is 0 Å². The first kappa shape index (κ1) is 14.6. The SMILES string of the molecule is Cn1cc(CC2(O)CCCC(C(C)(C)C)CC2)cn1. The van der Waals surface area contributed by atoms with Crippen LogP contribution < -0.4 is 0 Å². The summed E-state index contributed by atoms with van der Waals surface area (Å²) in [4.78, 5) is 0. The van der Waals surface area contributed by atoms with E-state index in [1.54, 1.807) is 0 Å². The Morgan fingerprint density at radius 2 is 2.11 bits per heavy atom. The van der Waals surface area contributed by atoms with Gasteiger partial charge in [-0.2, -0.15) is 5.10 Å². The molecule has 2 rings (SSSR count). The average molecular weight is 264 g/mol. The van der Waals surface area contributed by atoms with E-state index < -0.39 is 5.60 Å². The van der Waals surface area contributed by atoms with Crippen molar-refractivity contribution >= 4 is 0 Å². The average Bonchev–Trinajstić information content (AvgIpc) is 2.56. The summed E-state index contributed by atoms with van der Waals surface area (Å²) >= 11 is 0. The summed E-state index contributed by atoms with van der Waals surface area (Å²) in [7, 11) is 1.93. The topological polar surface area (TPSA) is 38.0 Å². The standard InChI is InChI=1S/C16H28N2O/c1-15(2,3)14-6-5-8-16(19,9-7-14)10-13-11-17-18(4)12-13/h11-12,14,19H,5-10H2,1-4H3. The maximum absolute atomic E-state index is 10.9. The fourth-order valence-electron chi connectivity index (χ4n) is 3.38. The molecule has 1 aromatic rings. The van der Waals surface area contributed by atoms with E-state index >= 15 is 0 Å². The molecule has 108 valence electrons. The van der Waals surface area contributed by atoms with Crippen molar-refractivity contribution < 1.29 is 5.11 Å². The van der Waals surface area contributed by atoms with Crippen molar-refractivity contribution in [3.63, 3.8) is 0 Å². The smallest absolute Gasteiger partial charge is 0.0689 e. The lowest BCUT2D eigenvalue weighted by Crippen LogP contribution is -2.31. The molecule has 0 bridgehead atoms. The zero-order chi connectivity index (χ0) is 14.1. The summed E-state index contributed by atoms with van der Waals surface area (Å²) in [6, 6.07) is 0. The molecule has 0 spiro atoms. The van der Waals surface area contributed by atoms with Crippen LogP contribution in [-0.2, 0) is 13.5 Å². The van der Waals surface area contributed by atoms with Gasteiger partial charge in [0.1, 0.15) is 0 Å². The van der Waals surface area contributed by atoms with E-state index in [0.29, 0.717) is 5.41 Å². The Labute approximate surface area is 117 Å². The van der Waals surface area contributed by atoms with Crippen molar-refractivity contribution in [3.8, 4) is 0 Å². The van der Waals surface area contributed by atoms with Gasteiger partial charge in [0.2, 0.25) is 0 Å². The molecule has 1 N–H and O–H groups in total. The molecule has 1 aliphatic rings. The minimum absolute atomic E-state index is 0.361. The van der Waals surface area contributed by atoms with E-state index in [1.807, 2.05) is 24.1 Å². The molecule has 3 heteroatoms. The van der Waals surface area contributed by atoms with Gasteiger partial charge < -0.3 is 5.11 Å². The van der Waals surface area contributed by atoms with E-state index in [-0.39, 0.29) is 0 Å². The Balaban J connectivity index is 2.01. The summed E-state index contributed by atoms with van der Waals surface area (Å²) in [6.45, 7) is 6.97. The first-order valence-corrected chi connectivity index (χ1v) is 7.48. The number of aryl methyl sites for hydroxylation is 1. The predicted molar refractivity (Wildman–Crippen MR) is 77.9 cm³/mol. The van der Waals surface area contributed by atoms with Crippen LogP contribution in [-0.4, -0.2) is 20.5 Å². The first-order valence-electron chi connectivity index (χ1n) is 7.48. The molecule has 2 atom stereocenters. The van der Waals surface area contributed by atoms with Gasteiger partial charge in [-0.1, -0.05) is 27.2 Å². The van der Waals surface area contributed by atoms with Gasteiger partial charge in [0.05, 0.1) is 11.8 Å². The van der Waals surface area contributed by atoms with Crippen LogP contribution in [0.25, 0.3) is 0 Å². The zero-order valence-corrected chi connectivity index (χ0v) is 12.8. The van der Waals surface area contributed by atoms with Crippen molar-refractivity contribution in [2.24, 2.45) is 18.4 Å². The number of hydrogen-bond donors (Lipinski definition) is 1. The normalized spacial score (nSPS) is 29.2. The Kier molecular flexibility index (Phi) is 4.05. The van der Waals surface area contributed by atoms with Crippen molar-refractivity contribution in [3.05, 3.63) is 18.0 Å². The van der Waals surface area contributed by atoms with E-state index in [2.05, 4.69) is 25.9 Å². The molecular weight excluding hydrogens is 236 g/mol. The van der Waals surface area contributed by atoms with Gasteiger partial charge >= 0.3 is 0 Å². The second-order valence-corrected chi connectivity index (χ2v) is 7.42. The highest BCUT2D eigenvalue weighted by Gasteiger charge is 2.34. The highest BCUT2D eigenvalue weighted by molar-refractivity contribution is 5.08. The van der Waals surface area contributed by atoms with Gasteiger partial charge in [-0.05, 0) is 42.6 Å². The van der Waals surface area contributed by atoms with Gasteiger partial charge in [0.15, 0.2) is 0 Å². The van der Waals surface area contributed by atoms with Crippen LogP contribution in [0.3, 0.4) is 0 Å². The van der Waals surface area contributed by atoms with Gasteiger partial charge in [0, 0.05) is 19.7 Å². The second-order valence-electron chi connectivity index (χ2n) is 7.42. The Morgan fingerprint density at radius 3 is 2.68 bits per heavy atom. The Hall–Kier alpha value is -0.830. The van der Waals surface area contributed by atoms with Crippen LogP contribution in [0.2, 0.25) is 0 Å². The number of aliphatic hydroxyl groups is 1. The quantitative estimate of drug-likeness (QED) is 0.832. The van der Waals surface area contributed by atoms with Crippen LogP contribution in [0.1, 0.15) is 58.4 Å².